The van der Waals surface area contributed by atoms with Crippen LogP contribution in [0.15, 0.2) is 24.3 Å². The Balaban J connectivity index is 1.98. The van der Waals surface area contributed by atoms with E-state index in [-0.39, 0.29) is 0 Å². The van der Waals surface area contributed by atoms with Crippen LogP contribution in [0, 0.1) is 5.92 Å². The van der Waals surface area contributed by atoms with Gasteiger partial charge in [-0.15, -0.1) is 0 Å². The van der Waals surface area contributed by atoms with Crippen molar-refractivity contribution in [2.24, 2.45) is 5.92 Å². The molecule has 1 aliphatic heterocycles. The second-order valence-electron chi connectivity index (χ2n) is 5.05. The zero-order valence-electron chi connectivity index (χ0n) is 11.5. The van der Waals surface area contributed by atoms with Gasteiger partial charge < -0.3 is 15.0 Å². The number of nitrogens with one attached hydrogen (secondary N) is 1. The smallest absolute Gasteiger partial charge is 0.120 e. The van der Waals surface area contributed by atoms with Gasteiger partial charge in [-0.3, -0.25) is 0 Å². The molecule has 1 heterocycles. The van der Waals surface area contributed by atoms with Gasteiger partial charge in [-0.25, -0.2) is 0 Å². The van der Waals surface area contributed by atoms with E-state index in [1.54, 1.807) is 7.11 Å². The highest BCUT2D eigenvalue weighted by Gasteiger charge is 2.19. The number of nitrogens with zero attached hydrogens (tertiary/aromatic N) is 1. The van der Waals surface area contributed by atoms with Crippen molar-refractivity contribution >= 4 is 5.69 Å². The molecular weight excluding hydrogens is 224 g/mol. The second-order valence-corrected chi connectivity index (χ2v) is 5.05. The monoisotopic (exact) mass is 248 g/mol. The molecule has 0 aliphatic carbocycles. The lowest BCUT2D eigenvalue weighted by molar-refractivity contribution is 0.386. The number of hydrogen-bond acceptors (Lipinski definition) is 3. The number of piperidine rings is 1. The van der Waals surface area contributed by atoms with Crippen molar-refractivity contribution in [1.29, 1.82) is 0 Å². The summed E-state index contributed by atoms with van der Waals surface area (Å²) in [5, 5.41) is 3.25. The summed E-state index contributed by atoms with van der Waals surface area (Å²) in [4.78, 5) is 2.49. The summed E-state index contributed by atoms with van der Waals surface area (Å²) >= 11 is 0. The Hall–Kier alpha value is -1.22. The largest absolute Gasteiger partial charge is 0.497 e. The zero-order valence-corrected chi connectivity index (χ0v) is 11.5. The fraction of sp³-hybridized carbons (Fsp3) is 0.600. The number of methoxy groups -OCH3 is 1. The summed E-state index contributed by atoms with van der Waals surface area (Å²) in [7, 11) is 3.76. The first-order chi connectivity index (χ1) is 8.83. The van der Waals surface area contributed by atoms with Crippen LogP contribution in [0.5, 0.6) is 5.75 Å². The summed E-state index contributed by atoms with van der Waals surface area (Å²) in [5.74, 6) is 1.77. The van der Waals surface area contributed by atoms with E-state index in [0.29, 0.717) is 0 Å². The van der Waals surface area contributed by atoms with E-state index >= 15 is 0 Å². The Labute approximate surface area is 110 Å². The lowest BCUT2D eigenvalue weighted by Gasteiger charge is -2.34. The molecule has 100 valence electrons. The quantitative estimate of drug-likeness (QED) is 0.866. The Kier molecular flexibility index (Phi) is 4.88. The number of benzene rings is 1. The third-order valence-corrected chi connectivity index (χ3v) is 3.74. The van der Waals surface area contributed by atoms with Crippen LogP contribution in [0.1, 0.15) is 19.3 Å². The van der Waals surface area contributed by atoms with Crippen LogP contribution in [0.2, 0.25) is 0 Å². The third kappa shape index (κ3) is 3.39. The average molecular weight is 248 g/mol. The van der Waals surface area contributed by atoms with Crippen molar-refractivity contribution in [2.45, 2.75) is 19.3 Å². The average Bonchev–Trinajstić information content (AvgIpc) is 2.45. The highest BCUT2D eigenvalue weighted by Crippen LogP contribution is 2.27. The van der Waals surface area contributed by atoms with Crippen LogP contribution in [0.25, 0.3) is 0 Å². The van der Waals surface area contributed by atoms with Crippen molar-refractivity contribution in [3.05, 3.63) is 24.3 Å². The first kappa shape index (κ1) is 13.2. The summed E-state index contributed by atoms with van der Waals surface area (Å²) < 4.78 is 5.30. The second kappa shape index (κ2) is 6.64. The summed E-state index contributed by atoms with van der Waals surface area (Å²) in [6.07, 6.45) is 3.94. The molecule has 1 aromatic carbocycles. The molecule has 0 aromatic heterocycles. The van der Waals surface area contributed by atoms with Crippen LogP contribution in [-0.4, -0.2) is 33.8 Å². The molecule has 1 atom stereocenters. The third-order valence-electron chi connectivity index (χ3n) is 3.74. The Morgan fingerprint density at radius 1 is 1.44 bits per heavy atom. The fourth-order valence-corrected chi connectivity index (χ4v) is 2.69. The first-order valence-electron chi connectivity index (χ1n) is 6.87. The summed E-state index contributed by atoms with van der Waals surface area (Å²) in [5.41, 5.74) is 1.29. The summed E-state index contributed by atoms with van der Waals surface area (Å²) in [6, 6.07) is 8.40. The van der Waals surface area contributed by atoms with E-state index in [2.05, 4.69) is 28.4 Å². The number of rotatable bonds is 5. The molecule has 1 fully saturated rings. The molecule has 0 radical (unpaired) electrons. The van der Waals surface area contributed by atoms with Crippen molar-refractivity contribution < 1.29 is 4.74 Å². The van der Waals surface area contributed by atoms with Crippen LogP contribution in [0.4, 0.5) is 5.69 Å². The van der Waals surface area contributed by atoms with Gasteiger partial charge in [-0.1, -0.05) is 6.07 Å². The van der Waals surface area contributed by atoms with Gasteiger partial charge in [0.1, 0.15) is 5.75 Å². The minimum Gasteiger partial charge on any atom is -0.497 e. The minimum atomic E-state index is 0.817. The highest BCUT2D eigenvalue weighted by atomic mass is 16.5. The van der Waals surface area contributed by atoms with E-state index in [1.807, 2.05) is 13.1 Å². The maximum absolute atomic E-state index is 5.30. The molecule has 1 unspecified atom stereocenters. The van der Waals surface area contributed by atoms with Gasteiger partial charge in [0.05, 0.1) is 7.11 Å². The molecule has 0 saturated carbocycles. The van der Waals surface area contributed by atoms with Crippen molar-refractivity contribution in [3.63, 3.8) is 0 Å². The zero-order chi connectivity index (χ0) is 12.8. The first-order valence-corrected chi connectivity index (χ1v) is 6.87. The molecule has 18 heavy (non-hydrogen) atoms. The number of anilines is 1. The van der Waals surface area contributed by atoms with Crippen molar-refractivity contribution in [3.8, 4) is 5.75 Å². The van der Waals surface area contributed by atoms with Gasteiger partial charge in [0.25, 0.3) is 0 Å². The van der Waals surface area contributed by atoms with Gasteiger partial charge in [0, 0.05) is 24.8 Å². The Morgan fingerprint density at radius 2 is 2.33 bits per heavy atom. The normalized spacial score (nSPS) is 19.9. The highest BCUT2D eigenvalue weighted by molar-refractivity contribution is 5.51. The lowest BCUT2D eigenvalue weighted by Crippen LogP contribution is -2.36. The number of hydrogen-bond donors (Lipinski definition) is 1. The van der Waals surface area contributed by atoms with E-state index in [9.17, 15) is 0 Å². The van der Waals surface area contributed by atoms with E-state index in [4.69, 9.17) is 4.74 Å². The molecular formula is C15H24N2O. The fourth-order valence-electron chi connectivity index (χ4n) is 2.69. The molecule has 1 saturated heterocycles. The van der Waals surface area contributed by atoms with E-state index in [1.165, 1.54) is 38.0 Å². The maximum Gasteiger partial charge on any atom is 0.120 e. The molecule has 2 rings (SSSR count). The van der Waals surface area contributed by atoms with Gasteiger partial charge in [0.15, 0.2) is 0 Å². The Morgan fingerprint density at radius 3 is 3.11 bits per heavy atom. The number of ether oxygens (including phenoxy) is 1. The van der Waals surface area contributed by atoms with Crippen molar-refractivity contribution in [1.82, 2.24) is 5.32 Å². The Bertz CT molecular complexity index is 367. The predicted molar refractivity (Wildman–Crippen MR) is 76.5 cm³/mol. The summed E-state index contributed by atoms with van der Waals surface area (Å²) in [6.45, 7) is 3.47. The van der Waals surface area contributed by atoms with Crippen LogP contribution >= 0.6 is 0 Å². The van der Waals surface area contributed by atoms with E-state index < -0.39 is 0 Å². The minimum absolute atomic E-state index is 0.817. The molecule has 1 N–H and O–H groups in total. The molecule has 1 aromatic rings. The lowest BCUT2D eigenvalue weighted by atomic mass is 9.94. The molecule has 3 heteroatoms. The van der Waals surface area contributed by atoms with E-state index in [0.717, 1.165) is 18.2 Å². The van der Waals surface area contributed by atoms with Crippen LogP contribution in [-0.2, 0) is 0 Å². The van der Waals surface area contributed by atoms with Gasteiger partial charge >= 0.3 is 0 Å². The van der Waals surface area contributed by atoms with Gasteiger partial charge in [-0.2, -0.15) is 0 Å². The van der Waals surface area contributed by atoms with Crippen LogP contribution < -0.4 is 15.0 Å². The topological polar surface area (TPSA) is 24.5 Å². The molecule has 3 nitrogen and oxygen atoms in total. The van der Waals surface area contributed by atoms with Gasteiger partial charge in [-0.05, 0) is 50.9 Å². The standard InChI is InChI=1S/C15H24N2O/c1-16-9-8-13-5-4-10-17(12-13)14-6-3-7-15(11-14)18-2/h3,6-7,11,13,16H,4-5,8-10,12H2,1-2H3. The predicted octanol–water partition coefficient (Wildman–Crippen LogP) is 2.52. The SMILES string of the molecule is CNCCC1CCCN(c2cccc(OC)c2)C1. The molecule has 0 spiro atoms. The maximum atomic E-state index is 5.30. The van der Waals surface area contributed by atoms with Gasteiger partial charge in [0.2, 0.25) is 0 Å². The van der Waals surface area contributed by atoms with Crippen molar-refractivity contribution in [2.75, 3.05) is 38.7 Å². The van der Waals surface area contributed by atoms with Crippen LogP contribution in [0.3, 0.4) is 0 Å². The molecule has 0 bridgehead atoms. The molecule has 1 aliphatic rings. The molecule has 0 amide bonds.